The summed E-state index contributed by atoms with van der Waals surface area (Å²) in [6.07, 6.45) is -0.184. The van der Waals surface area contributed by atoms with Crippen LogP contribution < -0.4 is 15.4 Å². The lowest BCUT2D eigenvalue weighted by Crippen LogP contribution is -2.48. The Hall–Kier alpha value is -3.64. The molecule has 1 N–H and O–H groups in total. The van der Waals surface area contributed by atoms with E-state index in [4.69, 9.17) is 0 Å². The van der Waals surface area contributed by atoms with Crippen LogP contribution >= 0.6 is 0 Å². The molecule has 38 heavy (non-hydrogen) atoms. The number of hydrogen-bond acceptors (Lipinski definition) is 4. The van der Waals surface area contributed by atoms with Gasteiger partial charge in [-0.2, -0.15) is 0 Å². The predicted molar refractivity (Wildman–Crippen MR) is 156 cm³/mol. The third-order valence-electron chi connectivity index (χ3n) is 8.13. The zero-order valence-electron chi connectivity index (χ0n) is 22.2. The lowest BCUT2D eigenvalue weighted by atomic mass is 10.00. The molecule has 2 fully saturated rings. The number of alkyl halides is 1. The smallest absolute Gasteiger partial charge is 0.256 e. The van der Waals surface area contributed by atoms with E-state index in [1.165, 1.54) is 5.69 Å². The van der Waals surface area contributed by atoms with Gasteiger partial charge in [0.25, 0.3) is 5.56 Å². The zero-order chi connectivity index (χ0) is 26.2. The number of rotatable bonds is 5. The molecule has 2 aliphatic heterocycles. The Bertz CT molecular complexity index is 1470. The molecule has 0 amide bonds. The first-order valence-corrected chi connectivity index (χ1v) is 13.7. The molecule has 1 atom stereocenters. The van der Waals surface area contributed by atoms with Gasteiger partial charge in [0, 0.05) is 67.8 Å². The van der Waals surface area contributed by atoms with Crippen molar-refractivity contribution >= 4 is 22.3 Å². The third-order valence-corrected chi connectivity index (χ3v) is 8.13. The average Bonchev–Trinajstić information content (AvgIpc) is 3.39. The monoisotopic (exact) mass is 510 g/mol. The molecule has 4 aromatic rings. The Labute approximate surface area is 223 Å². The number of pyridine rings is 1. The molecular formula is C32H35FN4O. The van der Waals surface area contributed by atoms with Crippen LogP contribution in [0.15, 0.2) is 77.6 Å². The highest BCUT2D eigenvalue weighted by atomic mass is 19.1. The molecular weight excluding hydrogens is 475 g/mol. The van der Waals surface area contributed by atoms with E-state index in [9.17, 15) is 9.18 Å². The van der Waals surface area contributed by atoms with Crippen molar-refractivity contribution in [3.63, 3.8) is 0 Å². The number of fused-ring (bicyclic) bond motifs is 1. The molecule has 0 unspecified atom stereocenters. The second-order valence-electron chi connectivity index (χ2n) is 10.9. The number of H-pyrrole nitrogens is 1. The van der Waals surface area contributed by atoms with Crippen LogP contribution in [0.5, 0.6) is 0 Å². The highest BCUT2D eigenvalue weighted by molar-refractivity contribution is 5.88. The first kappa shape index (κ1) is 24.7. The summed E-state index contributed by atoms with van der Waals surface area (Å²) in [5, 5.41) is 0.995. The maximum atomic E-state index is 13.6. The molecule has 3 aromatic carbocycles. The van der Waals surface area contributed by atoms with Gasteiger partial charge in [0.2, 0.25) is 0 Å². The van der Waals surface area contributed by atoms with Crippen molar-refractivity contribution in [1.29, 1.82) is 0 Å². The minimum absolute atomic E-state index is 0.107. The van der Waals surface area contributed by atoms with E-state index >= 15 is 0 Å². The molecule has 3 heterocycles. The first-order chi connectivity index (χ1) is 18.4. The summed E-state index contributed by atoms with van der Waals surface area (Å²) in [6, 6.07) is 25.5. The quantitative estimate of drug-likeness (QED) is 0.361. The first-order valence-electron chi connectivity index (χ1n) is 13.7. The number of nitrogens with one attached hydrogen (secondary N) is 1. The van der Waals surface area contributed by atoms with Gasteiger partial charge in [-0.3, -0.25) is 9.69 Å². The Kier molecular flexibility index (Phi) is 6.66. The number of hydrogen-bond donors (Lipinski definition) is 1. The number of piperazine rings is 1. The summed E-state index contributed by atoms with van der Waals surface area (Å²) >= 11 is 0. The van der Waals surface area contributed by atoms with E-state index < -0.39 is 6.17 Å². The van der Waals surface area contributed by atoms with Gasteiger partial charge in [0.1, 0.15) is 6.17 Å². The molecule has 6 rings (SSSR count). The Morgan fingerprint density at radius 2 is 1.39 bits per heavy atom. The Balaban J connectivity index is 1.23. The van der Waals surface area contributed by atoms with Crippen LogP contribution in [-0.4, -0.2) is 61.4 Å². The van der Waals surface area contributed by atoms with Gasteiger partial charge in [-0.25, -0.2) is 4.39 Å². The van der Waals surface area contributed by atoms with Gasteiger partial charge < -0.3 is 14.8 Å². The van der Waals surface area contributed by atoms with Crippen molar-refractivity contribution in [2.75, 3.05) is 49.1 Å². The van der Waals surface area contributed by atoms with Gasteiger partial charge in [0.05, 0.1) is 0 Å². The van der Waals surface area contributed by atoms with Gasteiger partial charge >= 0.3 is 0 Å². The van der Waals surface area contributed by atoms with Crippen LogP contribution in [0, 0.1) is 0 Å². The number of anilines is 2. The lowest BCUT2D eigenvalue weighted by Gasteiger charge is -2.38. The molecule has 0 aliphatic carbocycles. The molecule has 0 saturated carbocycles. The minimum atomic E-state index is -0.760. The maximum absolute atomic E-state index is 13.6. The van der Waals surface area contributed by atoms with Crippen LogP contribution in [0.4, 0.5) is 15.8 Å². The summed E-state index contributed by atoms with van der Waals surface area (Å²) in [6.45, 7) is 10.0. The Morgan fingerprint density at radius 3 is 2.03 bits per heavy atom. The van der Waals surface area contributed by atoms with Crippen LogP contribution in [0.2, 0.25) is 0 Å². The van der Waals surface area contributed by atoms with Crippen molar-refractivity contribution in [3.05, 3.63) is 83.2 Å². The number of nitrogens with zero attached hydrogens (tertiary/aromatic N) is 3. The van der Waals surface area contributed by atoms with Gasteiger partial charge in [-0.15, -0.1) is 0 Å². The predicted octanol–water partition coefficient (Wildman–Crippen LogP) is 5.94. The average molecular weight is 511 g/mol. The standard InChI is InChI=1S/C32H35FN4O/c1-22(2)35-15-17-36(18-16-35)28-8-3-23(4-9-28)25-7-12-31-26(19-25)20-30(32(38)34-31)24-5-10-29(11-6-24)37-14-13-27(33)21-37/h3-12,19-20,22,27H,13-18,21H2,1-2H3,(H,34,38)/t27-/m0/s1. The molecule has 0 spiro atoms. The molecule has 0 radical (unpaired) electrons. The van der Waals surface area contributed by atoms with Crippen LogP contribution in [0.1, 0.15) is 20.3 Å². The highest BCUT2D eigenvalue weighted by Crippen LogP contribution is 2.29. The van der Waals surface area contributed by atoms with E-state index in [2.05, 4.69) is 69.9 Å². The van der Waals surface area contributed by atoms with Gasteiger partial charge in [-0.05, 0) is 84.8 Å². The molecule has 196 valence electrons. The van der Waals surface area contributed by atoms with E-state index in [1.54, 1.807) is 0 Å². The van der Waals surface area contributed by atoms with E-state index in [0.29, 0.717) is 24.6 Å². The number of halogens is 1. The van der Waals surface area contributed by atoms with Crippen molar-refractivity contribution in [1.82, 2.24) is 9.88 Å². The van der Waals surface area contributed by atoms with Crippen LogP contribution in [-0.2, 0) is 0 Å². The summed E-state index contributed by atoms with van der Waals surface area (Å²) in [5.41, 5.74) is 6.77. The van der Waals surface area contributed by atoms with E-state index in [1.807, 2.05) is 36.4 Å². The Morgan fingerprint density at radius 1 is 0.763 bits per heavy atom. The topological polar surface area (TPSA) is 42.6 Å². The number of aromatic amines is 1. The molecule has 0 bridgehead atoms. The van der Waals surface area contributed by atoms with Gasteiger partial charge in [-0.1, -0.05) is 30.3 Å². The largest absolute Gasteiger partial charge is 0.369 e. The lowest BCUT2D eigenvalue weighted by molar-refractivity contribution is 0.209. The fraction of sp³-hybridized carbons (Fsp3) is 0.344. The summed E-state index contributed by atoms with van der Waals surface area (Å²) < 4.78 is 13.6. The summed E-state index contributed by atoms with van der Waals surface area (Å²) in [7, 11) is 0. The third kappa shape index (κ3) is 4.93. The van der Waals surface area contributed by atoms with Crippen LogP contribution in [0.25, 0.3) is 33.2 Å². The van der Waals surface area contributed by atoms with Gasteiger partial charge in [0.15, 0.2) is 0 Å². The number of benzene rings is 3. The van der Waals surface area contributed by atoms with Crippen LogP contribution in [0.3, 0.4) is 0 Å². The van der Waals surface area contributed by atoms with E-state index in [0.717, 1.165) is 66.0 Å². The molecule has 1 aromatic heterocycles. The van der Waals surface area contributed by atoms with Crippen molar-refractivity contribution in [3.8, 4) is 22.3 Å². The summed E-state index contributed by atoms with van der Waals surface area (Å²) in [5.74, 6) is 0. The van der Waals surface area contributed by atoms with Crippen molar-refractivity contribution in [2.24, 2.45) is 0 Å². The molecule has 5 nitrogen and oxygen atoms in total. The summed E-state index contributed by atoms with van der Waals surface area (Å²) in [4.78, 5) is 23.0. The van der Waals surface area contributed by atoms with E-state index in [-0.39, 0.29) is 5.56 Å². The number of aromatic nitrogens is 1. The van der Waals surface area contributed by atoms with Crippen molar-refractivity contribution in [2.45, 2.75) is 32.5 Å². The SMILES string of the molecule is CC(C)N1CCN(c2ccc(-c3ccc4[nH]c(=O)c(-c5ccc(N6CC[C@H](F)C6)cc5)cc4c3)cc2)CC1. The molecule has 2 aliphatic rings. The fourth-order valence-corrected chi connectivity index (χ4v) is 5.77. The maximum Gasteiger partial charge on any atom is 0.256 e. The molecule has 2 saturated heterocycles. The zero-order valence-corrected chi connectivity index (χ0v) is 22.2. The highest BCUT2D eigenvalue weighted by Gasteiger charge is 2.22. The fourth-order valence-electron chi connectivity index (χ4n) is 5.77. The van der Waals surface area contributed by atoms with Crippen molar-refractivity contribution < 1.29 is 4.39 Å². The second kappa shape index (κ2) is 10.3. The normalized spacial score (nSPS) is 18.6. The second-order valence-corrected chi connectivity index (χ2v) is 10.9. The molecule has 6 heteroatoms. The minimum Gasteiger partial charge on any atom is -0.369 e.